The molecule has 0 atom stereocenters. The van der Waals surface area contributed by atoms with E-state index in [1.54, 1.807) is 0 Å². The van der Waals surface area contributed by atoms with Gasteiger partial charge in [0, 0.05) is 60.8 Å². The third kappa shape index (κ3) is 7.47. The number of benzene rings is 9. The molecule has 0 aliphatic carbocycles. The van der Waals surface area contributed by atoms with Crippen LogP contribution in [0.3, 0.4) is 0 Å². The van der Waals surface area contributed by atoms with Crippen LogP contribution in [0.15, 0.2) is 253 Å². The zero-order valence-electron chi connectivity index (χ0n) is 36.4. The fraction of sp³-hybridized carbons (Fsp3) is 0. The minimum atomic E-state index is 0.636. The smallest absolute Gasteiger partial charge is 0.160 e. The maximum Gasteiger partial charge on any atom is 0.160 e. The van der Waals surface area contributed by atoms with Crippen LogP contribution >= 0.6 is 0 Å². The van der Waals surface area contributed by atoms with Gasteiger partial charge in [0.2, 0.25) is 0 Å². The molecule has 3 aromatic heterocycles. The summed E-state index contributed by atoms with van der Waals surface area (Å²) in [6.45, 7) is 0. The maximum absolute atomic E-state index is 6.49. The van der Waals surface area contributed by atoms with Gasteiger partial charge in [-0.15, -0.1) is 0 Å². The highest BCUT2D eigenvalue weighted by Crippen LogP contribution is 2.49. The predicted molar refractivity (Wildman–Crippen MR) is 276 cm³/mol. The number of hydrogen-bond acceptors (Lipinski definition) is 4. The van der Waals surface area contributed by atoms with Crippen molar-refractivity contribution in [1.82, 2.24) is 15.0 Å². The predicted octanol–water partition coefficient (Wildman–Crippen LogP) is 16.8. The Kier molecular flexibility index (Phi) is 10.2. The zero-order chi connectivity index (χ0) is 44.5. The number of furan rings is 1. The third-order valence-corrected chi connectivity index (χ3v) is 12.5. The molecule has 12 aromatic rings. The van der Waals surface area contributed by atoms with Crippen LogP contribution < -0.4 is 0 Å². The molecule has 0 bridgehead atoms. The summed E-state index contributed by atoms with van der Waals surface area (Å²) in [6.07, 6.45) is 0. The molecule has 4 heteroatoms. The van der Waals surface area contributed by atoms with Gasteiger partial charge in [0.05, 0.1) is 22.8 Å². The summed E-state index contributed by atoms with van der Waals surface area (Å²) >= 11 is 0. The fourth-order valence-corrected chi connectivity index (χ4v) is 9.37. The van der Waals surface area contributed by atoms with Gasteiger partial charge in [-0.05, 0) is 46.5 Å². The summed E-state index contributed by atoms with van der Waals surface area (Å²) in [5.74, 6) is 0.636. The second-order valence-electron chi connectivity index (χ2n) is 16.7. The number of nitrogens with zero attached hydrogens (tertiary/aromatic N) is 3. The molecule has 12 rings (SSSR count). The van der Waals surface area contributed by atoms with E-state index in [4.69, 9.17) is 19.4 Å². The van der Waals surface area contributed by atoms with Crippen molar-refractivity contribution in [2.75, 3.05) is 0 Å². The van der Waals surface area contributed by atoms with Crippen LogP contribution in [0.5, 0.6) is 0 Å². The van der Waals surface area contributed by atoms with Crippen LogP contribution in [0.4, 0.5) is 0 Å². The first-order valence-corrected chi connectivity index (χ1v) is 22.6. The van der Waals surface area contributed by atoms with Gasteiger partial charge >= 0.3 is 0 Å². The van der Waals surface area contributed by atoms with Crippen LogP contribution in [0.1, 0.15) is 0 Å². The van der Waals surface area contributed by atoms with Gasteiger partial charge in [-0.2, -0.15) is 0 Å². The first-order valence-electron chi connectivity index (χ1n) is 22.6. The van der Waals surface area contributed by atoms with E-state index in [0.29, 0.717) is 5.82 Å². The summed E-state index contributed by atoms with van der Waals surface area (Å²) < 4.78 is 6.49. The quantitative estimate of drug-likeness (QED) is 0.145. The molecule has 0 saturated heterocycles. The molecule has 0 unspecified atom stereocenters. The molecule has 0 N–H and O–H groups in total. The minimum Gasteiger partial charge on any atom is -0.455 e. The van der Waals surface area contributed by atoms with Gasteiger partial charge in [-0.3, -0.25) is 0 Å². The largest absolute Gasteiger partial charge is 0.455 e. The van der Waals surface area contributed by atoms with Crippen molar-refractivity contribution >= 4 is 21.9 Å². The Morgan fingerprint density at radius 3 is 1.31 bits per heavy atom. The summed E-state index contributed by atoms with van der Waals surface area (Å²) in [6, 6.07) is 86.8. The molecule has 314 valence electrons. The van der Waals surface area contributed by atoms with Gasteiger partial charge < -0.3 is 4.42 Å². The summed E-state index contributed by atoms with van der Waals surface area (Å²) in [5, 5.41) is 2.20. The molecule has 0 spiro atoms. The first-order chi connectivity index (χ1) is 33.2. The van der Waals surface area contributed by atoms with Gasteiger partial charge in [-0.25, -0.2) is 15.0 Å². The number of aromatic nitrogens is 3. The van der Waals surface area contributed by atoms with E-state index in [1.807, 2.05) is 18.2 Å². The van der Waals surface area contributed by atoms with Crippen molar-refractivity contribution in [3.63, 3.8) is 0 Å². The number of pyridine rings is 1. The second kappa shape index (κ2) is 17.2. The van der Waals surface area contributed by atoms with Crippen molar-refractivity contribution in [3.8, 4) is 101 Å². The minimum absolute atomic E-state index is 0.636. The van der Waals surface area contributed by atoms with E-state index in [2.05, 4.69) is 231 Å². The lowest BCUT2D eigenvalue weighted by atomic mass is 9.83. The molecule has 4 nitrogen and oxygen atoms in total. The van der Waals surface area contributed by atoms with E-state index in [0.717, 1.165) is 117 Å². The summed E-state index contributed by atoms with van der Waals surface area (Å²) in [7, 11) is 0. The Morgan fingerprint density at radius 1 is 0.269 bits per heavy atom. The lowest BCUT2D eigenvalue weighted by Crippen LogP contribution is -2.02. The fourth-order valence-electron chi connectivity index (χ4n) is 9.37. The Bertz CT molecular complexity index is 3620. The van der Waals surface area contributed by atoms with E-state index in [1.165, 1.54) is 0 Å². The Hall–Kier alpha value is -8.99. The summed E-state index contributed by atoms with van der Waals surface area (Å²) in [4.78, 5) is 16.3. The van der Waals surface area contributed by atoms with Gasteiger partial charge in [0.15, 0.2) is 5.82 Å². The molecule has 0 fully saturated rings. The standard InChI is InChI=1S/C63H41N3O/c1-6-21-42(22-7-1)54-41-55(65-63(64-54)50-34-18-31-47(39-50)51-36-20-37-53-52-35-16-17-38-56(52)67-62(51)53)48-32-19-33-49(40-48)57-58(43-23-8-2-9-24-43)60(45-27-12-4-13-28-45)66-61(46-29-14-5-15-30-46)59(57)44-25-10-3-11-26-44/h1-41H. The highest BCUT2D eigenvalue weighted by Gasteiger charge is 2.26. The van der Waals surface area contributed by atoms with Crippen molar-refractivity contribution in [2.24, 2.45) is 0 Å². The van der Waals surface area contributed by atoms with Crippen molar-refractivity contribution < 1.29 is 4.42 Å². The second-order valence-corrected chi connectivity index (χ2v) is 16.7. The molecule has 0 radical (unpaired) electrons. The Balaban J connectivity index is 1.09. The van der Waals surface area contributed by atoms with Crippen molar-refractivity contribution in [2.45, 2.75) is 0 Å². The Labute approximate surface area is 389 Å². The lowest BCUT2D eigenvalue weighted by Gasteiger charge is -2.23. The van der Waals surface area contributed by atoms with Crippen molar-refractivity contribution in [3.05, 3.63) is 249 Å². The van der Waals surface area contributed by atoms with Gasteiger partial charge in [0.1, 0.15) is 11.2 Å². The van der Waals surface area contributed by atoms with Crippen LogP contribution in [-0.2, 0) is 0 Å². The average Bonchev–Trinajstić information content (AvgIpc) is 3.80. The monoisotopic (exact) mass is 855 g/mol. The van der Waals surface area contributed by atoms with Crippen LogP contribution in [0.2, 0.25) is 0 Å². The normalized spacial score (nSPS) is 11.3. The number of hydrogen-bond donors (Lipinski definition) is 0. The zero-order valence-corrected chi connectivity index (χ0v) is 36.4. The molecule has 9 aromatic carbocycles. The third-order valence-electron chi connectivity index (χ3n) is 12.5. The molecule has 3 heterocycles. The maximum atomic E-state index is 6.49. The molecule has 0 aliphatic heterocycles. The molecule has 0 saturated carbocycles. The molecular weight excluding hydrogens is 815 g/mol. The molecule has 0 aliphatic rings. The molecule has 67 heavy (non-hydrogen) atoms. The van der Waals surface area contributed by atoms with Crippen molar-refractivity contribution in [1.29, 1.82) is 0 Å². The SMILES string of the molecule is c1ccc(-c2cc(-c3cccc(-c4c(-c5ccccc5)c(-c5ccccc5)nc(-c5ccccc5)c4-c4ccccc4)c3)nc(-c3cccc(-c4cccc5c4oc4ccccc45)c3)n2)cc1. The first kappa shape index (κ1) is 39.6. The van der Waals surface area contributed by atoms with Crippen LogP contribution in [0.25, 0.3) is 123 Å². The number of fused-ring (bicyclic) bond motifs is 3. The van der Waals surface area contributed by atoms with Gasteiger partial charge in [-0.1, -0.05) is 224 Å². The van der Waals surface area contributed by atoms with E-state index in [-0.39, 0.29) is 0 Å². The topological polar surface area (TPSA) is 51.8 Å². The number of rotatable bonds is 9. The van der Waals surface area contributed by atoms with Crippen LogP contribution in [-0.4, -0.2) is 15.0 Å². The Morgan fingerprint density at radius 2 is 0.701 bits per heavy atom. The average molecular weight is 856 g/mol. The van der Waals surface area contributed by atoms with E-state index in [9.17, 15) is 0 Å². The lowest BCUT2D eigenvalue weighted by molar-refractivity contribution is 0.670. The molecule has 0 amide bonds. The van der Waals surface area contributed by atoms with Gasteiger partial charge in [0.25, 0.3) is 0 Å². The van der Waals surface area contributed by atoms with E-state index < -0.39 is 0 Å². The summed E-state index contributed by atoms with van der Waals surface area (Å²) in [5.41, 5.74) is 18.7. The van der Waals surface area contributed by atoms with Crippen LogP contribution in [0, 0.1) is 0 Å². The highest BCUT2D eigenvalue weighted by atomic mass is 16.3. The van der Waals surface area contributed by atoms with E-state index >= 15 is 0 Å². The number of para-hydroxylation sites is 2. The highest BCUT2D eigenvalue weighted by molar-refractivity contribution is 6.10. The molecular formula is C63H41N3O.